The van der Waals surface area contributed by atoms with Gasteiger partial charge in [0.25, 0.3) is 0 Å². The first-order valence-corrected chi connectivity index (χ1v) is 8.14. The predicted octanol–water partition coefficient (Wildman–Crippen LogP) is 4.44. The van der Waals surface area contributed by atoms with E-state index in [2.05, 4.69) is 50.0 Å². The van der Waals surface area contributed by atoms with E-state index in [1.165, 1.54) is 18.5 Å². The Balaban J connectivity index is 2.04. The summed E-state index contributed by atoms with van der Waals surface area (Å²) in [6.45, 7) is 9.62. The first-order valence-electron chi connectivity index (χ1n) is 8.14. The van der Waals surface area contributed by atoms with Crippen LogP contribution in [-0.2, 0) is 4.79 Å². The second-order valence-corrected chi connectivity index (χ2v) is 6.65. The molecule has 1 saturated carbocycles. The number of carbonyl (C=O) groups is 1. The van der Waals surface area contributed by atoms with Crippen LogP contribution < -0.4 is 10.2 Å². The predicted molar refractivity (Wildman–Crippen MR) is 89.8 cm³/mol. The number of amides is 1. The minimum absolute atomic E-state index is 0.170. The van der Waals surface area contributed by atoms with Gasteiger partial charge in [0.05, 0.1) is 0 Å². The summed E-state index contributed by atoms with van der Waals surface area (Å²) in [5.41, 5.74) is 1.93. The Morgan fingerprint density at radius 2 is 1.81 bits per heavy atom. The molecule has 21 heavy (non-hydrogen) atoms. The average molecular weight is 288 g/mol. The molecule has 0 aromatic heterocycles. The Morgan fingerprint density at radius 3 is 2.29 bits per heavy atom. The van der Waals surface area contributed by atoms with Crippen LogP contribution in [0.5, 0.6) is 0 Å². The van der Waals surface area contributed by atoms with Crippen molar-refractivity contribution >= 4 is 17.3 Å². The fourth-order valence-electron chi connectivity index (χ4n) is 3.25. The minimum atomic E-state index is -0.175. The topological polar surface area (TPSA) is 32.3 Å². The monoisotopic (exact) mass is 288 g/mol. The Bertz CT molecular complexity index is 472. The van der Waals surface area contributed by atoms with Crippen LogP contribution in [0.4, 0.5) is 11.4 Å². The highest BCUT2D eigenvalue weighted by Gasteiger charge is 2.36. The standard InChI is InChI=1S/C18H28N2O/c1-5-20(14(2)3)16-10-8-15(9-11-16)19-17(21)18(4)12-6-7-13-18/h8-11,14H,5-7,12-13H2,1-4H3,(H,19,21). The van der Waals surface area contributed by atoms with E-state index in [1.807, 2.05) is 12.1 Å². The van der Waals surface area contributed by atoms with E-state index in [0.29, 0.717) is 6.04 Å². The van der Waals surface area contributed by atoms with Crippen molar-refractivity contribution in [3.63, 3.8) is 0 Å². The first kappa shape index (κ1) is 15.9. The second-order valence-electron chi connectivity index (χ2n) is 6.65. The number of nitrogens with one attached hydrogen (secondary N) is 1. The summed E-state index contributed by atoms with van der Waals surface area (Å²) >= 11 is 0. The van der Waals surface area contributed by atoms with Gasteiger partial charge in [-0.05, 0) is 57.9 Å². The average Bonchev–Trinajstić information content (AvgIpc) is 2.89. The van der Waals surface area contributed by atoms with E-state index in [4.69, 9.17) is 0 Å². The van der Waals surface area contributed by atoms with E-state index in [9.17, 15) is 4.79 Å². The first-order chi connectivity index (χ1) is 9.96. The summed E-state index contributed by atoms with van der Waals surface area (Å²) in [7, 11) is 0. The molecule has 1 aromatic carbocycles. The third-order valence-corrected chi connectivity index (χ3v) is 4.68. The quantitative estimate of drug-likeness (QED) is 0.868. The van der Waals surface area contributed by atoms with Crippen molar-refractivity contribution in [2.45, 2.75) is 59.4 Å². The van der Waals surface area contributed by atoms with Gasteiger partial charge in [0.1, 0.15) is 0 Å². The molecular weight excluding hydrogens is 260 g/mol. The zero-order valence-corrected chi connectivity index (χ0v) is 13.8. The molecule has 0 unspecified atom stereocenters. The highest BCUT2D eigenvalue weighted by atomic mass is 16.2. The second kappa shape index (κ2) is 6.50. The Hall–Kier alpha value is -1.51. The van der Waals surface area contributed by atoms with Crippen LogP contribution in [0.2, 0.25) is 0 Å². The van der Waals surface area contributed by atoms with Crippen molar-refractivity contribution in [3.05, 3.63) is 24.3 Å². The molecule has 1 aliphatic rings. The third-order valence-electron chi connectivity index (χ3n) is 4.68. The summed E-state index contributed by atoms with van der Waals surface area (Å²) < 4.78 is 0. The van der Waals surface area contributed by atoms with Crippen LogP contribution in [0.3, 0.4) is 0 Å². The fraction of sp³-hybridized carbons (Fsp3) is 0.611. The van der Waals surface area contributed by atoms with Gasteiger partial charge in [0.15, 0.2) is 0 Å². The van der Waals surface area contributed by atoms with Crippen LogP contribution in [-0.4, -0.2) is 18.5 Å². The molecule has 1 N–H and O–H groups in total. The van der Waals surface area contributed by atoms with Gasteiger partial charge in [-0.25, -0.2) is 0 Å². The van der Waals surface area contributed by atoms with Crippen molar-refractivity contribution in [2.75, 3.05) is 16.8 Å². The number of hydrogen-bond donors (Lipinski definition) is 1. The highest BCUT2D eigenvalue weighted by molar-refractivity contribution is 5.95. The summed E-state index contributed by atoms with van der Waals surface area (Å²) in [5.74, 6) is 0.170. The van der Waals surface area contributed by atoms with Crippen molar-refractivity contribution in [3.8, 4) is 0 Å². The summed E-state index contributed by atoms with van der Waals surface area (Å²) in [4.78, 5) is 14.7. The number of rotatable bonds is 5. The minimum Gasteiger partial charge on any atom is -0.369 e. The van der Waals surface area contributed by atoms with Crippen molar-refractivity contribution in [1.82, 2.24) is 0 Å². The van der Waals surface area contributed by atoms with E-state index >= 15 is 0 Å². The number of hydrogen-bond acceptors (Lipinski definition) is 2. The molecule has 0 atom stereocenters. The third kappa shape index (κ3) is 3.58. The van der Waals surface area contributed by atoms with Crippen LogP contribution in [0, 0.1) is 5.41 Å². The lowest BCUT2D eigenvalue weighted by Gasteiger charge is -2.28. The van der Waals surface area contributed by atoms with Gasteiger partial charge >= 0.3 is 0 Å². The Labute approximate surface area is 128 Å². The number of anilines is 2. The molecule has 0 bridgehead atoms. The molecule has 0 saturated heterocycles. The lowest BCUT2D eigenvalue weighted by Crippen LogP contribution is -2.31. The normalized spacial score (nSPS) is 17.0. The fourth-order valence-corrected chi connectivity index (χ4v) is 3.25. The largest absolute Gasteiger partial charge is 0.369 e. The molecule has 3 nitrogen and oxygen atoms in total. The maximum Gasteiger partial charge on any atom is 0.230 e. The summed E-state index contributed by atoms with van der Waals surface area (Å²) in [6.07, 6.45) is 4.35. The molecule has 1 amide bonds. The molecule has 0 radical (unpaired) electrons. The molecular formula is C18H28N2O. The SMILES string of the molecule is CCN(c1ccc(NC(=O)C2(C)CCCC2)cc1)C(C)C. The molecule has 1 fully saturated rings. The Morgan fingerprint density at radius 1 is 1.24 bits per heavy atom. The van der Waals surface area contributed by atoms with Gasteiger partial charge in [-0.3, -0.25) is 4.79 Å². The summed E-state index contributed by atoms with van der Waals surface area (Å²) in [6, 6.07) is 8.69. The van der Waals surface area contributed by atoms with Crippen LogP contribution in [0.1, 0.15) is 53.4 Å². The van der Waals surface area contributed by atoms with Gasteiger partial charge in [0.2, 0.25) is 5.91 Å². The summed E-state index contributed by atoms with van der Waals surface area (Å²) in [5, 5.41) is 3.08. The molecule has 2 rings (SSSR count). The molecule has 1 aliphatic carbocycles. The number of benzene rings is 1. The van der Waals surface area contributed by atoms with E-state index in [-0.39, 0.29) is 11.3 Å². The van der Waals surface area contributed by atoms with Crippen molar-refractivity contribution in [1.29, 1.82) is 0 Å². The van der Waals surface area contributed by atoms with Gasteiger partial charge in [-0.15, -0.1) is 0 Å². The van der Waals surface area contributed by atoms with Crippen molar-refractivity contribution in [2.24, 2.45) is 5.41 Å². The van der Waals surface area contributed by atoms with E-state index < -0.39 is 0 Å². The molecule has 0 aliphatic heterocycles. The van der Waals surface area contributed by atoms with Gasteiger partial charge < -0.3 is 10.2 Å². The molecule has 1 aromatic rings. The molecule has 0 heterocycles. The highest BCUT2D eigenvalue weighted by Crippen LogP contribution is 2.38. The van der Waals surface area contributed by atoms with Crippen LogP contribution >= 0.6 is 0 Å². The molecule has 116 valence electrons. The van der Waals surface area contributed by atoms with Crippen LogP contribution in [0.15, 0.2) is 24.3 Å². The van der Waals surface area contributed by atoms with E-state index in [1.54, 1.807) is 0 Å². The zero-order valence-electron chi connectivity index (χ0n) is 13.8. The zero-order chi connectivity index (χ0) is 15.5. The van der Waals surface area contributed by atoms with Gasteiger partial charge in [-0.2, -0.15) is 0 Å². The molecule has 0 spiro atoms. The number of nitrogens with zero attached hydrogens (tertiary/aromatic N) is 1. The maximum absolute atomic E-state index is 12.4. The van der Waals surface area contributed by atoms with Crippen molar-refractivity contribution < 1.29 is 4.79 Å². The van der Waals surface area contributed by atoms with Gasteiger partial charge in [0, 0.05) is 29.4 Å². The lowest BCUT2D eigenvalue weighted by atomic mass is 9.88. The van der Waals surface area contributed by atoms with E-state index in [0.717, 1.165) is 25.1 Å². The number of carbonyl (C=O) groups excluding carboxylic acids is 1. The molecule has 3 heteroatoms. The smallest absolute Gasteiger partial charge is 0.230 e. The lowest BCUT2D eigenvalue weighted by molar-refractivity contribution is -0.124. The Kier molecular flexibility index (Phi) is 4.92. The van der Waals surface area contributed by atoms with Gasteiger partial charge in [-0.1, -0.05) is 19.8 Å². The maximum atomic E-state index is 12.4. The van der Waals surface area contributed by atoms with Crippen LogP contribution in [0.25, 0.3) is 0 Å².